The lowest BCUT2D eigenvalue weighted by molar-refractivity contribution is -0.0562. The van der Waals surface area contributed by atoms with Crippen LogP contribution in [0.25, 0.3) is 0 Å². The molecule has 1 N–H and O–H groups in total. The molecule has 128 valence electrons. The Labute approximate surface area is 141 Å². The van der Waals surface area contributed by atoms with Crippen LogP contribution in [0.2, 0.25) is 0 Å². The van der Waals surface area contributed by atoms with Gasteiger partial charge in [-0.05, 0) is 38.5 Å². The lowest BCUT2D eigenvalue weighted by atomic mass is 9.77. The van der Waals surface area contributed by atoms with Gasteiger partial charge >= 0.3 is 0 Å². The first-order chi connectivity index (χ1) is 11.8. The molecular weight excluding hydrogens is 304 g/mol. The lowest BCUT2D eigenvalue weighted by Crippen LogP contribution is -2.36. The van der Waals surface area contributed by atoms with Crippen molar-refractivity contribution >= 4 is 5.69 Å². The summed E-state index contributed by atoms with van der Waals surface area (Å²) in [7, 11) is 0. The predicted molar refractivity (Wildman–Crippen MR) is 88.9 cm³/mol. The summed E-state index contributed by atoms with van der Waals surface area (Å²) in [5.41, 5.74) is 1.26. The monoisotopic (exact) mass is 328 g/mol. The highest BCUT2D eigenvalue weighted by Gasteiger charge is 2.45. The Balaban J connectivity index is 1.24. The largest absolute Gasteiger partial charge is 0.377 e. The molecule has 1 saturated heterocycles. The van der Waals surface area contributed by atoms with Gasteiger partial charge in [0, 0.05) is 19.2 Å². The van der Waals surface area contributed by atoms with Gasteiger partial charge in [-0.1, -0.05) is 0 Å². The summed E-state index contributed by atoms with van der Waals surface area (Å²) in [5.74, 6) is 2.13. The van der Waals surface area contributed by atoms with Crippen LogP contribution in [-0.2, 0) is 24.2 Å². The zero-order valence-corrected chi connectivity index (χ0v) is 13.9. The summed E-state index contributed by atoms with van der Waals surface area (Å²) in [4.78, 5) is 0. The van der Waals surface area contributed by atoms with Gasteiger partial charge in [-0.15, -0.1) is 10.2 Å². The first kappa shape index (κ1) is 14.5. The maximum Gasteiger partial charge on any atom is 0.154 e. The van der Waals surface area contributed by atoms with E-state index in [9.17, 15) is 0 Å². The van der Waals surface area contributed by atoms with E-state index in [1.807, 2.05) is 10.9 Å². The van der Waals surface area contributed by atoms with Gasteiger partial charge in [0.05, 0.1) is 30.1 Å². The second-order valence-corrected chi connectivity index (χ2v) is 7.46. The highest BCUT2D eigenvalue weighted by Crippen LogP contribution is 2.43. The van der Waals surface area contributed by atoms with E-state index >= 15 is 0 Å². The standard InChI is InChI=1S/C17H24N6O/c1-2-7-23-15(4-1)20-21-16(23)11-22-10-14(9-18-22)19-13-8-17(24-12-13)5-3-6-17/h9-10,13,19H,1-8,11-12H2. The van der Waals surface area contributed by atoms with Gasteiger partial charge in [0.25, 0.3) is 0 Å². The molecule has 2 aromatic rings. The Bertz CT molecular complexity index is 731. The molecule has 0 radical (unpaired) electrons. The molecule has 7 nitrogen and oxygen atoms in total. The Morgan fingerprint density at radius 3 is 3.04 bits per heavy atom. The van der Waals surface area contributed by atoms with Gasteiger partial charge in [-0.25, -0.2) is 0 Å². The number of aromatic nitrogens is 5. The van der Waals surface area contributed by atoms with Crippen LogP contribution in [0.3, 0.4) is 0 Å². The van der Waals surface area contributed by atoms with E-state index < -0.39 is 0 Å². The second kappa shape index (κ2) is 5.58. The van der Waals surface area contributed by atoms with Crippen molar-refractivity contribution in [2.45, 2.75) is 69.7 Å². The molecule has 24 heavy (non-hydrogen) atoms. The van der Waals surface area contributed by atoms with Crippen molar-refractivity contribution in [2.24, 2.45) is 0 Å². The third-order valence-electron chi connectivity index (χ3n) is 5.72. The van der Waals surface area contributed by atoms with E-state index in [1.165, 1.54) is 32.1 Å². The van der Waals surface area contributed by atoms with Gasteiger partial charge < -0.3 is 14.6 Å². The minimum Gasteiger partial charge on any atom is -0.377 e. The SMILES string of the molecule is c1nn(Cc2nnc3n2CCCC3)cc1NC1COC2(CCC2)C1. The Hall–Kier alpha value is -1.89. The van der Waals surface area contributed by atoms with Crippen LogP contribution in [0.1, 0.15) is 50.2 Å². The molecule has 7 heteroatoms. The smallest absolute Gasteiger partial charge is 0.154 e. The summed E-state index contributed by atoms with van der Waals surface area (Å²) >= 11 is 0. The molecule has 2 aliphatic heterocycles. The van der Waals surface area contributed by atoms with E-state index in [2.05, 4.69) is 31.4 Å². The van der Waals surface area contributed by atoms with Crippen molar-refractivity contribution in [1.82, 2.24) is 24.5 Å². The van der Waals surface area contributed by atoms with Crippen molar-refractivity contribution < 1.29 is 4.74 Å². The van der Waals surface area contributed by atoms with Crippen LogP contribution in [0.5, 0.6) is 0 Å². The average molecular weight is 328 g/mol. The molecule has 0 bridgehead atoms. The number of hydrogen-bond donors (Lipinski definition) is 1. The maximum absolute atomic E-state index is 6.00. The van der Waals surface area contributed by atoms with E-state index in [0.717, 1.165) is 43.3 Å². The molecule has 1 unspecified atom stereocenters. The Kier molecular flexibility index (Phi) is 3.36. The van der Waals surface area contributed by atoms with Gasteiger partial charge in [-0.3, -0.25) is 4.68 Å². The van der Waals surface area contributed by atoms with Crippen LogP contribution < -0.4 is 5.32 Å². The number of hydrogen-bond acceptors (Lipinski definition) is 5. The van der Waals surface area contributed by atoms with Gasteiger partial charge in [0.2, 0.25) is 0 Å². The molecule has 1 spiro atoms. The zero-order valence-electron chi connectivity index (χ0n) is 13.9. The molecule has 1 saturated carbocycles. The third kappa shape index (κ3) is 2.51. The number of nitrogens with one attached hydrogen (secondary N) is 1. The van der Waals surface area contributed by atoms with E-state index in [4.69, 9.17) is 4.74 Å². The van der Waals surface area contributed by atoms with Gasteiger partial charge in [0.1, 0.15) is 12.4 Å². The predicted octanol–water partition coefficient (Wildman–Crippen LogP) is 1.98. The minimum atomic E-state index is 0.189. The van der Waals surface area contributed by atoms with Crippen molar-refractivity contribution in [2.75, 3.05) is 11.9 Å². The van der Waals surface area contributed by atoms with Crippen molar-refractivity contribution in [3.8, 4) is 0 Å². The minimum absolute atomic E-state index is 0.189. The van der Waals surface area contributed by atoms with E-state index in [0.29, 0.717) is 12.6 Å². The number of aryl methyl sites for hydroxylation is 1. The molecule has 2 fully saturated rings. The molecule has 4 heterocycles. The molecule has 1 atom stereocenters. The fourth-order valence-corrected chi connectivity index (χ4v) is 4.25. The molecular formula is C17H24N6O. The molecule has 3 aliphatic rings. The highest BCUT2D eigenvalue weighted by atomic mass is 16.5. The highest BCUT2D eigenvalue weighted by molar-refractivity contribution is 5.40. The molecule has 0 amide bonds. The maximum atomic E-state index is 6.00. The van der Waals surface area contributed by atoms with Crippen LogP contribution in [0, 0.1) is 0 Å². The summed E-state index contributed by atoms with van der Waals surface area (Å²) in [5, 5.41) is 16.7. The summed E-state index contributed by atoms with van der Waals surface area (Å²) in [6.45, 7) is 2.52. The Morgan fingerprint density at radius 2 is 2.21 bits per heavy atom. The number of rotatable bonds is 4. The Morgan fingerprint density at radius 1 is 1.25 bits per heavy atom. The van der Waals surface area contributed by atoms with E-state index in [-0.39, 0.29) is 5.60 Å². The van der Waals surface area contributed by atoms with Crippen LogP contribution >= 0.6 is 0 Å². The first-order valence-electron chi connectivity index (χ1n) is 9.14. The third-order valence-corrected chi connectivity index (χ3v) is 5.72. The molecule has 2 aromatic heterocycles. The summed E-state index contributed by atoms with van der Waals surface area (Å²) in [6, 6.07) is 0.406. The number of ether oxygens (including phenoxy) is 1. The summed E-state index contributed by atoms with van der Waals surface area (Å²) in [6.07, 6.45) is 12.3. The van der Waals surface area contributed by atoms with E-state index in [1.54, 1.807) is 0 Å². The van der Waals surface area contributed by atoms with Crippen LogP contribution in [0.15, 0.2) is 12.4 Å². The van der Waals surface area contributed by atoms with Gasteiger partial charge in [-0.2, -0.15) is 5.10 Å². The van der Waals surface area contributed by atoms with Crippen LogP contribution in [-0.4, -0.2) is 42.8 Å². The second-order valence-electron chi connectivity index (χ2n) is 7.46. The molecule has 1 aliphatic carbocycles. The summed E-state index contributed by atoms with van der Waals surface area (Å²) < 4.78 is 10.2. The molecule has 0 aromatic carbocycles. The molecule has 5 rings (SSSR count). The van der Waals surface area contributed by atoms with Crippen LogP contribution in [0.4, 0.5) is 5.69 Å². The fraction of sp³-hybridized carbons (Fsp3) is 0.706. The normalized spacial score (nSPS) is 24.8. The quantitative estimate of drug-likeness (QED) is 0.929. The fourth-order valence-electron chi connectivity index (χ4n) is 4.25. The van der Waals surface area contributed by atoms with Gasteiger partial charge in [0.15, 0.2) is 5.82 Å². The topological polar surface area (TPSA) is 69.8 Å². The number of nitrogens with zero attached hydrogens (tertiary/aromatic N) is 5. The number of anilines is 1. The van der Waals surface area contributed by atoms with Crippen molar-refractivity contribution in [3.05, 3.63) is 24.0 Å². The zero-order chi connectivity index (χ0) is 16.0. The van der Waals surface area contributed by atoms with Crippen molar-refractivity contribution in [1.29, 1.82) is 0 Å². The van der Waals surface area contributed by atoms with Crippen molar-refractivity contribution in [3.63, 3.8) is 0 Å². The average Bonchev–Trinajstić information content (AvgIpc) is 3.27. The first-order valence-corrected chi connectivity index (χ1v) is 9.14. The number of fused-ring (bicyclic) bond motifs is 1. The lowest BCUT2D eigenvalue weighted by Gasteiger charge is -2.37.